The second kappa shape index (κ2) is 7.08. The molecule has 0 bridgehead atoms. The summed E-state index contributed by atoms with van der Waals surface area (Å²) in [6.07, 6.45) is 9.73. The molecule has 1 unspecified atom stereocenters. The number of hydrogen-bond acceptors (Lipinski definition) is 2. The monoisotopic (exact) mass is 266 g/mol. The van der Waals surface area contributed by atoms with Crippen molar-refractivity contribution < 1.29 is 0 Å². The van der Waals surface area contributed by atoms with Gasteiger partial charge in [0, 0.05) is 6.04 Å². The fraction of sp³-hybridized carbons (Fsp3) is 1.00. The minimum absolute atomic E-state index is 0.568. The SMILES string of the molecule is CC1CCN(CCCNC2CCCC(C)(C)C2)CC1. The van der Waals surface area contributed by atoms with Crippen LogP contribution < -0.4 is 5.32 Å². The summed E-state index contributed by atoms with van der Waals surface area (Å²) < 4.78 is 0. The molecule has 2 aliphatic rings. The summed E-state index contributed by atoms with van der Waals surface area (Å²) in [6, 6.07) is 0.783. The second-order valence-corrected chi connectivity index (χ2v) is 7.79. The molecule has 2 heteroatoms. The quantitative estimate of drug-likeness (QED) is 0.764. The maximum Gasteiger partial charge on any atom is 0.00721 e. The molecule has 19 heavy (non-hydrogen) atoms. The smallest absolute Gasteiger partial charge is 0.00721 e. The van der Waals surface area contributed by atoms with Gasteiger partial charge in [-0.25, -0.2) is 0 Å². The summed E-state index contributed by atoms with van der Waals surface area (Å²) in [6.45, 7) is 12.4. The fourth-order valence-corrected chi connectivity index (χ4v) is 3.77. The van der Waals surface area contributed by atoms with Gasteiger partial charge in [0.15, 0.2) is 0 Å². The number of nitrogens with zero attached hydrogens (tertiary/aromatic N) is 1. The van der Waals surface area contributed by atoms with Crippen LogP contribution in [0.4, 0.5) is 0 Å². The van der Waals surface area contributed by atoms with Crippen LogP contribution in [0.1, 0.15) is 65.7 Å². The van der Waals surface area contributed by atoms with Crippen LogP contribution >= 0.6 is 0 Å². The van der Waals surface area contributed by atoms with Crippen LogP contribution in [0.25, 0.3) is 0 Å². The maximum absolute atomic E-state index is 3.80. The van der Waals surface area contributed by atoms with Gasteiger partial charge in [-0.05, 0) is 76.0 Å². The normalized spacial score (nSPS) is 29.5. The van der Waals surface area contributed by atoms with E-state index in [0.29, 0.717) is 5.41 Å². The lowest BCUT2D eigenvalue weighted by Gasteiger charge is -2.36. The third kappa shape index (κ3) is 5.43. The van der Waals surface area contributed by atoms with E-state index in [1.807, 2.05) is 0 Å². The molecule has 1 aliphatic carbocycles. The van der Waals surface area contributed by atoms with Crippen molar-refractivity contribution in [2.75, 3.05) is 26.2 Å². The summed E-state index contributed by atoms with van der Waals surface area (Å²) in [7, 11) is 0. The molecular formula is C17H34N2. The number of rotatable bonds is 5. The van der Waals surface area contributed by atoms with Gasteiger partial charge in [-0.1, -0.05) is 27.2 Å². The van der Waals surface area contributed by atoms with E-state index in [0.717, 1.165) is 12.0 Å². The van der Waals surface area contributed by atoms with Gasteiger partial charge in [-0.3, -0.25) is 0 Å². The molecule has 112 valence electrons. The zero-order valence-electron chi connectivity index (χ0n) is 13.4. The second-order valence-electron chi connectivity index (χ2n) is 7.79. The summed E-state index contributed by atoms with van der Waals surface area (Å²) >= 11 is 0. The first-order valence-corrected chi connectivity index (χ1v) is 8.51. The first kappa shape index (κ1) is 15.3. The van der Waals surface area contributed by atoms with E-state index in [9.17, 15) is 0 Å². The molecule has 2 rings (SSSR count). The highest BCUT2D eigenvalue weighted by Crippen LogP contribution is 2.34. The Kier molecular flexibility index (Phi) is 5.70. The Morgan fingerprint density at radius 1 is 1.16 bits per heavy atom. The molecule has 1 aliphatic heterocycles. The zero-order chi connectivity index (χ0) is 13.7. The average molecular weight is 266 g/mol. The van der Waals surface area contributed by atoms with Crippen molar-refractivity contribution in [1.82, 2.24) is 10.2 Å². The minimum Gasteiger partial charge on any atom is -0.314 e. The van der Waals surface area contributed by atoms with E-state index in [2.05, 4.69) is 31.0 Å². The maximum atomic E-state index is 3.80. The van der Waals surface area contributed by atoms with Crippen LogP contribution in [0, 0.1) is 11.3 Å². The van der Waals surface area contributed by atoms with Crippen molar-refractivity contribution >= 4 is 0 Å². The largest absolute Gasteiger partial charge is 0.314 e. The summed E-state index contributed by atoms with van der Waals surface area (Å²) in [5, 5.41) is 3.80. The van der Waals surface area contributed by atoms with E-state index in [1.54, 1.807) is 0 Å². The van der Waals surface area contributed by atoms with E-state index in [1.165, 1.54) is 71.1 Å². The highest BCUT2D eigenvalue weighted by molar-refractivity contribution is 4.83. The van der Waals surface area contributed by atoms with Gasteiger partial charge in [0.2, 0.25) is 0 Å². The lowest BCUT2D eigenvalue weighted by Crippen LogP contribution is -2.39. The summed E-state index contributed by atoms with van der Waals surface area (Å²) in [5.41, 5.74) is 0.568. The van der Waals surface area contributed by atoms with Crippen LogP contribution in [0.2, 0.25) is 0 Å². The van der Waals surface area contributed by atoms with Gasteiger partial charge in [0.05, 0.1) is 0 Å². The van der Waals surface area contributed by atoms with Crippen molar-refractivity contribution in [3.63, 3.8) is 0 Å². The molecule has 1 saturated heterocycles. The van der Waals surface area contributed by atoms with Gasteiger partial charge in [-0.2, -0.15) is 0 Å². The number of likely N-dealkylation sites (tertiary alicyclic amines) is 1. The standard InChI is InChI=1S/C17H34N2/c1-15-7-12-19(13-8-15)11-5-10-18-16-6-4-9-17(2,3)14-16/h15-16,18H,4-14H2,1-3H3. The van der Waals surface area contributed by atoms with E-state index in [4.69, 9.17) is 0 Å². The molecule has 0 aromatic heterocycles. The molecule has 0 aromatic carbocycles. The Labute approximate surface area is 120 Å². The predicted octanol–water partition coefficient (Wildman–Crippen LogP) is 3.67. The van der Waals surface area contributed by atoms with E-state index >= 15 is 0 Å². The average Bonchev–Trinajstić information content (AvgIpc) is 2.36. The van der Waals surface area contributed by atoms with Gasteiger partial charge in [0.1, 0.15) is 0 Å². The lowest BCUT2D eigenvalue weighted by molar-refractivity contribution is 0.180. The van der Waals surface area contributed by atoms with Crippen molar-refractivity contribution in [2.24, 2.45) is 11.3 Å². The molecule has 1 N–H and O–H groups in total. The Bertz CT molecular complexity index is 254. The molecule has 0 amide bonds. The molecular weight excluding hydrogens is 232 g/mol. The molecule has 1 heterocycles. The Balaban J connectivity index is 1.54. The van der Waals surface area contributed by atoms with Gasteiger partial charge >= 0.3 is 0 Å². The third-order valence-corrected chi connectivity index (χ3v) is 5.17. The lowest BCUT2D eigenvalue weighted by atomic mass is 9.75. The molecule has 1 saturated carbocycles. The van der Waals surface area contributed by atoms with Crippen molar-refractivity contribution in [2.45, 2.75) is 71.8 Å². The molecule has 2 nitrogen and oxygen atoms in total. The van der Waals surface area contributed by atoms with Crippen LogP contribution in [-0.2, 0) is 0 Å². The minimum atomic E-state index is 0.568. The molecule has 0 spiro atoms. The van der Waals surface area contributed by atoms with Crippen molar-refractivity contribution in [3.8, 4) is 0 Å². The topological polar surface area (TPSA) is 15.3 Å². The van der Waals surface area contributed by atoms with E-state index in [-0.39, 0.29) is 0 Å². The number of hydrogen-bond donors (Lipinski definition) is 1. The van der Waals surface area contributed by atoms with Crippen LogP contribution in [0.3, 0.4) is 0 Å². The molecule has 1 atom stereocenters. The highest BCUT2D eigenvalue weighted by Gasteiger charge is 2.27. The summed E-state index contributed by atoms with van der Waals surface area (Å²) in [5.74, 6) is 0.957. The van der Waals surface area contributed by atoms with Gasteiger partial charge in [0.25, 0.3) is 0 Å². The highest BCUT2D eigenvalue weighted by atomic mass is 15.1. The van der Waals surface area contributed by atoms with Crippen LogP contribution in [0.15, 0.2) is 0 Å². The number of nitrogens with one attached hydrogen (secondary N) is 1. The Morgan fingerprint density at radius 3 is 2.58 bits per heavy atom. The zero-order valence-corrected chi connectivity index (χ0v) is 13.4. The van der Waals surface area contributed by atoms with Gasteiger partial charge < -0.3 is 10.2 Å². The Hall–Kier alpha value is -0.0800. The van der Waals surface area contributed by atoms with Crippen molar-refractivity contribution in [1.29, 1.82) is 0 Å². The fourth-order valence-electron chi connectivity index (χ4n) is 3.77. The van der Waals surface area contributed by atoms with Gasteiger partial charge in [-0.15, -0.1) is 0 Å². The molecule has 0 radical (unpaired) electrons. The van der Waals surface area contributed by atoms with E-state index < -0.39 is 0 Å². The molecule has 2 fully saturated rings. The van der Waals surface area contributed by atoms with Crippen LogP contribution in [-0.4, -0.2) is 37.1 Å². The first-order chi connectivity index (χ1) is 9.05. The molecule has 0 aromatic rings. The third-order valence-electron chi connectivity index (χ3n) is 5.17. The number of piperidine rings is 1. The van der Waals surface area contributed by atoms with Crippen LogP contribution in [0.5, 0.6) is 0 Å². The Morgan fingerprint density at radius 2 is 1.89 bits per heavy atom. The summed E-state index contributed by atoms with van der Waals surface area (Å²) in [4.78, 5) is 2.66. The first-order valence-electron chi connectivity index (χ1n) is 8.51. The van der Waals surface area contributed by atoms with Crippen molar-refractivity contribution in [3.05, 3.63) is 0 Å². The predicted molar refractivity (Wildman–Crippen MR) is 83.5 cm³/mol.